The summed E-state index contributed by atoms with van der Waals surface area (Å²) in [4.78, 5) is 0. The van der Waals surface area contributed by atoms with E-state index in [1.54, 1.807) is 7.11 Å². The fraction of sp³-hybridized carbons (Fsp3) is 1.00. The van der Waals surface area contributed by atoms with E-state index in [0.29, 0.717) is 13.2 Å². The maximum absolute atomic E-state index is 8.92. The smallest absolute Gasteiger partial charge is 0.0881 e. The van der Waals surface area contributed by atoms with Gasteiger partial charge in [-0.2, -0.15) is 0 Å². The van der Waals surface area contributed by atoms with Gasteiger partial charge in [0.25, 0.3) is 0 Å². The number of ether oxygens (including phenoxy) is 1. The van der Waals surface area contributed by atoms with E-state index in [1.165, 1.54) is 0 Å². The summed E-state index contributed by atoms with van der Waals surface area (Å²) >= 11 is 0. The number of nitrogens with one attached hydrogen (secondary N) is 1. The molecule has 0 atom stereocenters. The first kappa shape index (κ1) is 12.8. The van der Waals surface area contributed by atoms with E-state index in [4.69, 9.17) is 20.1 Å². The summed E-state index contributed by atoms with van der Waals surface area (Å²) in [5.74, 6) is 0. The third kappa shape index (κ3) is 4.54. The molecule has 0 aliphatic rings. The molecular weight excluding hydrogens is 174 g/mol. The quantitative estimate of drug-likeness (QED) is 0.346. The van der Waals surface area contributed by atoms with Gasteiger partial charge in [-0.3, -0.25) is 0 Å². The highest BCUT2D eigenvalue weighted by Gasteiger charge is 2.26. The van der Waals surface area contributed by atoms with Crippen molar-refractivity contribution in [2.45, 2.75) is 12.0 Å². The molecule has 5 nitrogen and oxygen atoms in total. The first-order valence-corrected chi connectivity index (χ1v) is 4.31. The van der Waals surface area contributed by atoms with Crippen LogP contribution >= 0.6 is 0 Å². The minimum atomic E-state index is -0.965. The van der Waals surface area contributed by atoms with Crippen LogP contribution in [0.2, 0.25) is 0 Å². The fourth-order valence-electron chi connectivity index (χ4n) is 0.888. The van der Waals surface area contributed by atoms with Gasteiger partial charge in [0.05, 0.1) is 25.4 Å². The van der Waals surface area contributed by atoms with Crippen molar-refractivity contribution in [1.29, 1.82) is 0 Å². The lowest BCUT2D eigenvalue weighted by molar-refractivity contribution is 0.0411. The van der Waals surface area contributed by atoms with Crippen LogP contribution in [-0.4, -0.2) is 60.9 Å². The predicted molar refractivity (Wildman–Crippen MR) is 48.5 cm³/mol. The van der Waals surface area contributed by atoms with Gasteiger partial charge in [0.15, 0.2) is 0 Å². The van der Waals surface area contributed by atoms with Crippen LogP contribution in [0.4, 0.5) is 0 Å². The van der Waals surface area contributed by atoms with E-state index < -0.39 is 5.54 Å². The second kappa shape index (κ2) is 7.23. The van der Waals surface area contributed by atoms with E-state index >= 15 is 0 Å². The SMILES string of the molecule is COCCCNC(CO)(CO)CO. The largest absolute Gasteiger partial charge is 0.394 e. The van der Waals surface area contributed by atoms with Crippen LogP contribution in [0.1, 0.15) is 6.42 Å². The molecule has 0 unspecified atom stereocenters. The fourth-order valence-corrected chi connectivity index (χ4v) is 0.888. The molecule has 80 valence electrons. The van der Waals surface area contributed by atoms with Crippen LogP contribution in [0.3, 0.4) is 0 Å². The highest BCUT2D eigenvalue weighted by Crippen LogP contribution is 2.00. The van der Waals surface area contributed by atoms with Crippen LogP contribution < -0.4 is 5.32 Å². The Labute approximate surface area is 78.3 Å². The minimum Gasteiger partial charge on any atom is -0.394 e. The normalized spacial score (nSPS) is 12.0. The Morgan fingerprint density at radius 1 is 1.15 bits per heavy atom. The highest BCUT2D eigenvalue weighted by atomic mass is 16.5. The topological polar surface area (TPSA) is 82.0 Å². The summed E-state index contributed by atoms with van der Waals surface area (Å²) < 4.78 is 4.83. The molecule has 0 saturated heterocycles. The number of hydrogen-bond acceptors (Lipinski definition) is 5. The average molecular weight is 193 g/mol. The summed E-state index contributed by atoms with van der Waals surface area (Å²) in [5.41, 5.74) is -0.965. The van der Waals surface area contributed by atoms with Crippen LogP contribution in [-0.2, 0) is 4.74 Å². The van der Waals surface area contributed by atoms with Crippen molar-refractivity contribution < 1.29 is 20.1 Å². The zero-order valence-electron chi connectivity index (χ0n) is 7.99. The Hall–Kier alpha value is -0.200. The van der Waals surface area contributed by atoms with Gasteiger partial charge in [0.1, 0.15) is 0 Å². The molecule has 4 N–H and O–H groups in total. The Morgan fingerprint density at radius 2 is 1.69 bits per heavy atom. The van der Waals surface area contributed by atoms with Gasteiger partial charge in [-0.15, -0.1) is 0 Å². The molecule has 0 radical (unpaired) electrons. The van der Waals surface area contributed by atoms with E-state index in [1.807, 2.05) is 0 Å². The van der Waals surface area contributed by atoms with Crippen LogP contribution in [0.15, 0.2) is 0 Å². The Kier molecular flexibility index (Phi) is 7.12. The zero-order chi connectivity index (χ0) is 10.2. The molecule has 0 saturated carbocycles. The van der Waals surface area contributed by atoms with Crippen LogP contribution in [0, 0.1) is 0 Å². The molecule has 0 spiro atoms. The van der Waals surface area contributed by atoms with Gasteiger partial charge in [-0.05, 0) is 13.0 Å². The lowest BCUT2D eigenvalue weighted by atomic mass is 10.0. The molecule has 0 aliphatic heterocycles. The molecule has 0 fully saturated rings. The summed E-state index contributed by atoms with van der Waals surface area (Å²) in [6.45, 7) is 0.355. The van der Waals surface area contributed by atoms with Crippen molar-refractivity contribution in [3.63, 3.8) is 0 Å². The summed E-state index contributed by atoms with van der Waals surface area (Å²) in [6, 6.07) is 0. The maximum Gasteiger partial charge on any atom is 0.0881 e. The molecule has 5 heteroatoms. The van der Waals surface area contributed by atoms with E-state index in [2.05, 4.69) is 5.32 Å². The minimum absolute atomic E-state index is 0.285. The number of rotatable bonds is 8. The van der Waals surface area contributed by atoms with Crippen molar-refractivity contribution >= 4 is 0 Å². The van der Waals surface area contributed by atoms with E-state index in [-0.39, 0.29) is 19.8 Å². The number of aliphatic hydroxyl groups is 3. The lowest BCUT2D eigenvalue weighted by Crippen LogP contribution is -2.55. The lowest BCUT2D eigenvalue weighted by Gasteiger charge is -2.28. The standard InChI is InChI=1S/C8H19NO4/c1-13-4-2-3-9-8(5-10,6-11)7-12/h9-12H,2-7H2,1H3. The van der Waals surface area contributed by atoms with Gasteiger partial charge in [-0.1, -0.05) is 0 Å². The molecule has 0 heterocycles. The van der Waals surface area contributed by atoms with Crippen molar-refractivity contribution in [3.05, 3.63) is 0 Å². The van der Waals surface area contributed by atoms with Gasteiger partial charge in [-0.25, -0.2) is 0 Å². The van der Waals surface area contributed by atoms with Gasteiger partial charge >= 0.3 is 0 Å². The zero-order valence-corrected chi connectivity index (χ0v) is 7.99. The van der Waals surface area contributed by atoms with Crippen molar-refractivity contribution in [2.24, 2.45) is 0 Å². The second-order valence-electron chi connectivity index (χ2n) is 3.03. The Balaban J connectivity index is 3.68. The van der Waals surface area contributed by atoms with Gasteiger partial charge in [0, 0.05) is 13.7 Å². The predicted octanol–water partition coefficient (Wildman–Crippen LogP) is -1.67. The first-order valence-electron chi connectivity index (χ1n) is 4.31. The summed E-state index contributed by atoms with van der Waals surface area (Å²) in [7, 11) is 1.61. The highest BCUT2D eigenvalue weighted by molar-refractivity contribution is 4.85. The number of methoxy groups -OCH3 is 1. The maximum atomic E-state index is 8.92. The monoisotopic (exact) mass is 193 g/mol. The number of aliphatic hydroxyl groups excluding tert-OH is 3. The summed E-state index contributed by atoms with van der Waals surface area (Å²) in [6.07, 6.45) is 0.776. The van der Waals surface area contributed by atoms with Crippen molar-refractivity contribution in [2.75, 3.05) is 40.1 Å². The Morgan fingerprint density at radius 3 is 2.08 bits per heavy atom. The molecule has 13 heavy (non-hydrogen) atoms. The first-order chi connectivity index (χ1) is 6.24. The van der Waals surface area contributed by atoms with E-state index in [0.717, 1.165) is 6.42 Å². The molecule has 0 aromatic carbocycles. The Bertz CT molecular complexity index is 108. The van der Waals surface area contributed by atoms with Gasteiger partial charge < -0.3 is 25.4 Å². The molecule has 0 rings (SSSR count). The molecule has 0 aromatic heterocycles. The molecule has 0 bridgehead atoms. The van der Waals surface area contributed by atoms with E-state index in [9.17, 15) is 0 Å². The van der Waals surface area contributed by atoms with Crippen molar-refractivity contribution in [1.82, 2.24) is 5.32 Å². The van der Waals surface area contributed by atoms with Crippen molar-refractivity contribution in [3.8, 4) is 0 Å². The number of hydrogen-bond donors (Lipinski definition) is 4. The van der Waals surface area contributed by atoms with Crippen LogP contribution in [0.5, 0.6) is 0 Å². The van der Waals surface area contributed by atoms with Crippen LogP contribution in [0.25, 0.3) is 0 Å². The van der Waals surface area contributed by atoms with Gasteiger partial charge in [0.2, 0.25) is 0 Å². The molecule has 0 aliphatic carbocycles. The third-order valence-electron chi connectivity index (χ3n) is 1.93. The molecular formula is C8H19NO4. The second-order valence-corrected chi connectivity index (χ2v) is 3.03. The average Bonchev–Trinajstić information content (AvgIpc) is 2.20. The third-order valence-corrected chi connectivity index (χ3v) is 1.93. The molecule has 0 amide bonds. The summed E-state index contributed by atoms with van der Waals surface area (Å²) in [5, 5.41) is 29.6. The molecule has 0 aromatic rings.